The summed E-state index contributed by atoms with van der Waals surface area (Å²) in [6.45, 7) is 8.18. The average Bonchev–Trinajstić information content (AvgIpc) is 3.87. The van der Waals surface area contributed by atoms with Crippen molar-refractivity contribution < 1.29 is 24.3 Å². The van der Waals surface area contributed by atoms with Crippen LogP contribution in [0.4, 0.5) is 0 Å². The van der Waals surface area contributed by atoms with Crippen LogP contribution in [0.5, 0.6) is 0 Å². The Morgan fingerprint density at radius 1 is 1.04 bits per heavy atom. The van der Waals surface area contributed by atoms with Gasteiger partial charge in [0.2, 0.25) is 23.6 Å². The topological polar surface area (TPSA) is 157 Å². The summed E-state index contributed by atoms with van der Waals surface area (Å²) in [4.78, 5) is 63.4. The predicted molar refractivity (Wildman–Crippen MR) is 195 cm³/mol. The van der Waals surface area contributed by atoms with Crippen LogP contribution in [0.1, 0.15) is 82.9 Å². The van der Waals surface area contributed by atoms with Crippen LogP contribution in [0.25, 0.3) is 0 Å². The fraction of sp³-hybridized carbons (Fsp3) is 0.605. The number of nitrogens with one attached hydrogen (secondary N) is 4. The number of carbonyl (C=O) groups is 4. The molecule has 2 aliphatic heterocycles. The van der Waals surface area contributed by atoms with Crippen molar-refractivity contribution in [1.82, 2.24) is 30.8 Å². The molecule has 272 valence electrons. The monoisotopic (exact) mass is 706 g/mol. The van der Waals surface area contributed by atoms with E-state index in [0.29, 0.717) is 43.0 Å². The van der Waals surface area contributed by atoms with Crippen molar-refractivity contribution in [2.75, 3.05) is 5.75 Å². The first-order chi connectivity index (χ1) is 24.1. The quantitative estimate of drug-likeness (QED) is 0.156. The van der Waals surface area contributed by atoms with Crippen LogP contribution in [0.2, 0.25) is 0 Å². The van der Waals surface area contributed by atoms with Crippen LogP contribution < -0.4 is 16.0 Å². The third-order valence-corrected chi connectivity index (χ3v) is 11.9. The van der Waals surface area contributed by atoms with Crippen LogP contribution in [-0.2, 0) is 32.0 Å². The van der Waals surface area contributed by atoms with Crippen LogP contribution in [-0.4, -0.2) is 85.0 Å². The van der Waals surface area contributed by atoms with E-state index in [1.807, 2.05) is 36.4 Å². The Morgan fingerprint density at radius 2 is 1.76 bits per heavy atom. The number of fused-ring (bicyclic) bond motifs is 1. The van der Waals surface area contributed by atoms with Crippen molar-refractivity contribution in [3.8, 4) is 0 Å². The molecule has 0 bridgehead atoms. The minimum absolute atomic E-state index is 0.0127. The van der Waals surface area contributed by atoms with Crippen LogP contribution >= 0.6 is 11.8 Å². The average molecular weight is 707 g/mol. The van der Waals surface area contributed by atoms with Gasteiger partial charge in [0.1, 0.15) is 18.1 Å². The molecule has 0 radical (unpaired) electrons. The number of aliphatic hydroxyl groups excluding tert-OH is 1. The van der Waals surface area contributed by atoms with Gasteiger partial charge in [0, 0.05) is 36.9 Å². The third kappa shape index (κ3) is 9.99. The van der Waals surface area contributed by atoms with Crippen LogP contribution in [0.3, 0.4) is 0 Å². The maximum atomic E-state index is 14.2. The predicted octanol–water partition coefficient (Wildman–Crippen LogP) is 3.89. The van der Waals surface area contributed by atoms with Gasteiger partial charge in [-0.25, -0.2) is 4.98 Å². The smallest absolute Gasteiger partial charge is 0.244 e. The van der Waals surface area contributed by atoms with Crippen molar-refractivity contribution >= 4 is 35.4 Å². The van der Waals surface area contributed by atoms with Crippen molar-refractivity contribution in [2.45, 2.75) is 120 Å². The number of benzene rings is 1. The summed E-state index contributed by atoms with van der Waals surface area (Å²) in [5, 5.41) is 20.6. The fourth-order valence-corrected chi connectivity index (χ4v) is 9.01. The highest BCUT2D eigenvalue weighted by molar-refractivity contribution is 8.00. The molecule has 1 saturated carbocycles. The molecule has 0 unspecified atom stereocenters. The Hall–Kier alpha value is -3.64. The zero-order valence-electron chi connectivity index (χ0n) is 29.4. The van der Waals surface area contributed by atoms with Gasteiger partial charge < -0.3 is 30.9 Å². The molecule has 1 aromatic carbocycles. The first-order valence-corrected chi connectivity index (χ1v) is 19.3. The third-order valence-electron chi connectivity index (χ3n) is 10.6. The van der Waals surface area contributed by atoms with Gasteiger partial charge in [-0.15, -0.1) is 18.3 Å². The van der Waals surface area contributed by atoms with Gasteiger partial charge in [0.05, 0.1) is 23.8 Å². The van der Waals surface area contributed by atoms with E-state index in [-0.39, 0.29) is 41.9 Å². The molecule has 5 rings (SSSR count). The molecular weight excluding hydrogens is 653 g/mol. The summed E-state index contributed by atoms with van der Waals surface area (Å²) in [5.74, 6) is -0.0925. The van der Waals surface area contributed by atoms with E-state index < -0.39 is 42.1 Å². The molecule has 50 heavy (non-hydrogen) atoms. The Balaban J connectivity index is 1.35. The molecule has 0 spiro atoms. The largest absolute Gasteiger partial charge is 0.391 e. The molecule has 5 N–H and O–H groups in total. The molecule has 2 aromatic rings. The van der Waals surface area contributed by atoms with Crippen molar-refractivity contribution in [3.63, 3.8) is 0 Å². The van der Waals surface area contributed by atoms with E-state index in [2.05, 4.69) is 46.3 Å². The number of nitrogens with zero attached hydrogens (tertiary/aromatic N) is 2. The number of thioether (sulfide) groups is 1. The van der Waals surface area contributed by atoms with Gasteiger partial charge in [-0.1, -0.05) is 82.4 Å². The number of aromatic amines is 1. The lowest BCUT2D eigenvalue weighted by molar-refractivity contribution is -0.138. The summed E-state index contributed by atoms with van der Waals surface area (Å²) < 4.78 is 0. The lowest BCUT2D eigenvalue weighted by Gasteiger charge is -2.33. The minimum Gasteiger partial charge on any atom is -0.391 e. The van der Waals surface area contributed by atoms with E-state index >= 15 is 0 Å². The molecule has 4 amide bonds. The highest BCUT2D eigenvalue weighted by Gasteiger charge is 2.46. The first kappa shape index (κ1) is 37.6. The Labute approximate surface area is 300 Å². The second-order valence-corrected chi connectivity index (χ2v) is 15.7. The number of aliphatic hydroxyl groups is 1. The number of hydrogen-bond donors (Lipinski definition) is 5. The van der Waals surface area contributed by atoms with E-state index in [1.165, 1.54) is 12.7 Å². The zero-order chi connectivity index (χ0) is 35.6. The van der Waals surface area contributed by atoms with Gasteiger partial charge in [-0.05, 0) is 42.6 Å². The molecule has 2 saturated heterocycles. The number of hydrogen-bond acceptors (Lipinski definition) is 7. The van der Waals surface area contributed by atoms with Crippen molar-refractivity contribution in [2.24, 2.45) is 17.8 Å². The van der Waals surface area contributed by atoms with Crippen molar-refractivity contribution in [3.05, 3.63) is 66.8 Å². The fourth-order valence-electron chi connectivity index (χ4n) is 7.58. The lowest BCUT2D eigenvalue weighted by Crippen LogP contribution is -2.59. The molecule has 1 aliphatic carbocycles. The van der Waals surface area contributed by atoms with Gasteiger partial charge in [0.25, 0.3) is 0 Å². The second kappa shape index (κ2) is 18.0. The summed E-state index contributed by atoms with van der Waals surface area (Å²) in [7, 11) is 0. The Bertz CT molecular complexity index is 1430. The molecule has 7 atom stereocenters. The summed E-state index contributed by atoms with van der Waals surface area (Å²) in [6.07, 6.45) is 12.4. The highest BCUT2D eigenvalue weighted by atomic mass is 32.2. The Morgan fingerprint density at radius 3 is 2.44 bits per heavy atom. The zero-order valence-corrected chi connectivity index (χ0v) is 30.2. The number of rotatable bonds is 17. The van der Waals surface area contributed by atoms with Gasteiger partial charge in [0.15, 0.2) is 0 Å². The number of carbonyl (C=O) groups excluding carboxylic acids is 4. The van der Waals surface area contributed by atoms with Gasteiger partial charge in [-0.3, -0.25) is 19.2 Å². The normalized spacial score (nSPS) is 22.3. The molecule has 1 aromatic heterocycles. The summed E-state index contributed by atoms with van der Waals surface area (Å²) in [5.41, 5.74) is 1.50. The van der Waals surface area contributed by atoms with E-state index in [9.17, 15) is 24.3 Å². The molecule has 3 heterocycles. The number of amides is 4. The number of allylic oxidation sites excluding steroid dienone is 1. The van der Waals surface area contributed by atoms with Crippen molar-refractivity contribution in [1.29, 1.82) is 0 Å². The molecule has 3 aliphatic rings. The Kier molecular flexibility index (Phi) is 13.6. The summed E-state index contributed by atoms with van der Waals surface area (Å²) >= 11 is 1.59. The van der Waals surface area contributed by atoms with E-state index in [4.69, 9.17) is 0 Å². The molecule has 11 nitrogen and oxygen atoms in total. The standard InChI is InChI=1S/C38H54N6O5S/c1-4-27(24(2)3)19-33(45)29(17-25-11-7-5-8-12-25)41-37(48)31(20-28-21-39-23-40-28)42-36(47)30(18-26-13-9-6-10-14-26)43-38(49)32-22-50-35-16-15-34(46)44(32)35/h4,6,9-10,13-14,21,23-25,27,29-33,35,45H,1,5,7-8,11-12,15-20,22H2,2-3H3,(H,39,40)(H,41,48)(H,42,47)(H,43,49)/t27-,29-,30-,31-,32-,33+,35+/m0/s1. The molecular formula is C38H54N6O5S. The van der Waals surface area contributed by atoms with Crippen LogP contribution in [0.15, 0.2) is 55.5 Å². The second-order valence-electron chi connectivity index (χ2n) is 14.5. The number of H-pyrrole nitrogens is 1. The molecule has 3 fully saturated rings. The molecule has 12 heteroatoms. The van der Waals surface area contributed by atoms with Gasteiger partial charge >= 0.3 is 0 Å². The van der Waals surface area contributed by atoms with Crippen LogP contribution in [0, 0.1) is 17.8 Å². The maximum Gasteiger partial charge on any atom is 0.244 e. The maximum absolute atomic E-state index is 14.2. The first-order valence-electron chi connectivity index (χ1n) is 18.3. The number of aromatic nitrogens is 2. The van der Waals surface area contributed by atoms with Gasteiger partial charge in [-0.2, -0.15) is 0 Å². The minimum atomic E-state index is -1.01. The SMILES string of the molecule is C=C[C@@H](C[C@@H](O)[C@H](CC1CCCCC1)NC(=O)[C@H](Cc1cnc[nH]1)NC(=O)[C@H](Cc1ccccc1)NC(=O)[C@@H]1CS[C@@H]2CCC(=O)N21)C(C)C. The lowest BCUT2D eigenvalue weighted by atomic mass is 9.81. The van der Waals surface area contributed by atoms with E-state index in [1.54, 1.807) is 22.9 Å². The summed E-state index contributed by atoms with van der Waals surface area (Å²) in [6, 6.07) is 6.24. The number of imidazole rings is 1. The van der Waals surface area contributed by atoms with E-state index in [0.717, 1.165) is 31.2 Å². The highest BCUT2D eigenvalue weighted by Crippen LogP contribution is 2.37.